The van der Waals surface area contributed by atoms with Crippen LogP contribution in [-0.4, -0.2) is 17.8 Å². The second kappa shape index (κ2) is 7.05. The van der Waals surface area contributed by atoms with Gasteiger partial charge in [-0.25, -0.2) is 0 Å². The van der Waals surface area contributed by atoms with Crippen LogP contribution in [0.4, 0.5) is 0 Å². The molecule has 2 N–H and O–H groups in total. The SMILES string of the molecule is CC(C)C(CO)NC(CC#N)c1ccccc1. The predicted molar refractivity (Wildman–Crippen MR) is 68.3 cm³/mol. The quantitative estimate of drug-likeness (QED) is 0.791. The minimum atomic E-state index is -0.0132. The van der Waals surface area contributed by atoms with Gasteiger partial charge in [0, 0.05) is 12.1 Å². The molecule has 0 amide bonds. The number of rotatable bonds is 6. The fourth-order valence-corrected chi connectivity index (χ4v) is 1.76. The van der Waals surface area contributed by atoms with Gasteiger partial charge in [0.25, 0.3) is 0 Å². The molecule has 0 bridgehead atoms. The van der Waals surface area contributed by atoms with Gasteiger partial charge in [0.15, 0.2) is 0 Å². The van der Waals surface area contributed by atoms with E-state index in [4.69, 9.17) is 5.26 Å². The van der Waals surface area contributed by atoms with Crippen LogP contribution in [0.3, 0.4) is 0 Å². The summed E-state index contributed by atoms with van der Waals surface area (Å²) in [6.07, 6.45) is 0.410. The highest BCUT2D eigenvalue weighted by molar-refractivity contribution is 5.20. The van der Waals surface area contributed by atoms with E-state index in [1.807, 2.05) is 30.3 Å². The van der Waals surface area contributed by atoms with Crippen molar-refractivity contribution in [3.8, 4) is 6.07 Å². The second-order valence-electron chi connectivity index (χ2n) is 4.53. The van der Waals surface area contributed by atoms with E-state index in [9.17, 15) is 5.11 Å². The maximum atomic E-state index is 9.32. The average molecular weight is 232 g/mol. The van der Waals surface area contributed by atoms with E-state index in [-0.39, 0.29) is 18.7 Å². The molecule has 0 spiro atoms. The Hall–Kier alpha value is -1.37. The molecule has 0 aliphatic carbocycles. The first kappa shape index (κ1) is 13.7. The Labute approximate surface area is 103 Å². The molecule has 0 aliphatic heterocycles. The van der Waals surface area contributed by atoms with Crippen molar-refractivity contribution in [2.24, 2.45) is 5.92 Å². The summed E-state index contributed by atoms with van der Waals surface area (Å²) >= 11 is 0. The van der Waals surface area contributed by atoms with Gasteiger partial charge >= 0.3 is 0 Å². The molecule has 0 aromatic heterocycles. The zero-order chi connectivity index (χ0) is 12.7. The van der Waals surface area contributed by atoms with Crippen LogP contribution >= 0.6 is 0 Å². The fraction of sp³-hybridized carbons (Fsp3) is 0.500. The van der Waals surface area contributed by atoms with E-state index in [1.54, 1.807) is 0 Å². The summed E-state index contributed by atoms with van der Waals surface area (Å²) in [6.45, 7) is 4.21. The number of nitrogens with one attached hydrogen (secondary N) is 1. The molecule has 2 unspecified atom stereocenters. The molecule has 3 heteroatoms. The number of nitrogens with zero attached hydrogens (tertiary/aromatic N) is 1. The molecule has 1 aromatic carbocycles. The van der Waals surface area contributed by atoms with Crippen LogP contribution in [0.1, 0.15) is 31.9 Å². The summed E-state index contributed by atoms with van der Waals surface area (Å²) in [5.41, 5.74) is 1.09. The van der Waals surface area contributed by atoms with E-state index >= 15 is 0 Å². The van der Waals surface area contributed by atoms with Crippen molar-refractivity contribution in [1.82, 2.24) is 5.32 Å². The van der Waals surface area contributed by atoms with Gasteiger partial charge in [-0.2, -0.15) is 5.26 Å². The summed E-state index contributed by atoms with van der Waals surface area (Å²) in [7, 11) is 0. The monoisotopic (exact) mass is 232 g/mol. The van der Waals surface area contributed by atoms with Crippen LogP contribution in [0, 0.1) is 17.2 Å². The lowest BCUT2D eigenvalue weighted by Crippen LogP contribution is -2.39. The molecule has 0 fully saturated rings. The Morgan fingerprint density at radius 3 is 2.41 bits per heavy atom. The Kier molecular flexibility index (Phi) is 5.68. The molecule has 0 saturated carbocycles. The normalized spacial score (nSPS) is 14.3. The van der Waals surface area contributed by atoms with Crippen molar-refractivity contribution in [3.05, 3.63) is 35.9 Å². The highest BCUT2D eigenvalue weighted by atomic mass is 16.3. The Morgan fingerprint density at radius 1 is 1.29 bits per heavy atom. The number of hydrogen-bond donors (Lipinski definition) is 2. The van der Waals surface area contributed by atoms with Crippen LogP contribution in [0.25, 0.3) is 0 Å². The molecular weight excluding hydrogens is 212 g/mol. The van der Waals surface area contributed by atoms with Crippen LogP contribution in [0.15, 0.2) is 30.3 Å². The van der Waals surface area contributed by atoms with Gasteiger partial charge in [-0.3, -0.25) is 0 Å². The van der Waals surface area contributed by atoms with Crippen molar-refractivity contribution >= 4 is 0 Å². The van der Waals surface area contributed by atoms with E-state index in [0.717, 1.165) is 5.56 Å². The number of nitriles is 1. The molecule has 0 heterocycles. The van der Waals surface area contributed by atoms with Crippen molar-refractivity contribution in [1.29, 1.82) is 5.26 Å². The van der Waals surface area contributed by atoms with Crippen molar-refractivity contribution in [2.75, 3.05) is 6.61 Å². The number of aliphatic hydroxyl groups excluding tert-OH is 1. The van der Waals surface area contributed by atoms with Gasteiger partial charge in [-0.1, -0.05) is 44.2 Å². The van der Waals surface area contributed by atoms with Gasteiger partial charge < -0.3 is 10.4 Å². The number of aliphatic hydroxyl groups is 1. The lowest BCUT2D eigenvalue weighted by atomic mass is 9.99. The maximum absolute atomic E-state index is 9.32. The Balaban J connectivity index is 2.77. The highest BCUT2D eigenvalue weighted by Crippen LogP contribution is 2.18. The Morgan fingerprint density at radius 2 is 1.94 bits per heavy atom. The van der Waals surface area contributed by atoms with Crippen molar-refractivity contribution < 1.29 is 5.11 Å². The molecule has 0 aliphatic rings. The van der Waals surface area contributed by atoms with Crippen molar-refractivity contribution in [2.45, 2.75) is 32.4 Å². The zero-order valence-electron chi connectivity index (χ0n) is 10.4. The topological polar surface area (TPSA) is 56.0 Å². The minimum absolute atomic E-state index is 0.0132. The molecule has 3 nitrogen and oxygen atoms in total. The van der Waals surface area contributed by atoms with Crippen LogP contribution in [-0.2, 0) is 0 Å². The zero-order valence-corrected chi connectivity index (χ0v) is 10.4. The summed E-state index contributed by atoms with van der Waals surface area (Å²) < 4.78 is 0. The lowest BCUT2D eigenvalue weighted by molar-refractivity contribution is 0.199. The first-order chi connectivity index (χ1) is 8.19. The highest BCUT2D eigenvalue weighted by Gasteiger charge is 2.18. The third-order valence-electron chi connectivity index (χ3n) is 2.91. The minimum Gasteiger partial charge on any atom is -0.395 e. The van der Waals surface area contributed by atoms with Crippen LogP contribution in [0.2, 0.25) is 0 Å². The largest absolute Gasteiger partial charge is 0.395 e. The predicted octanol–water partition coefficient (Wildman–Crippen LogP) is 2.25. The molecule has 1 aromatic rings. The molecular formula is C14H20N2O. The average Bonchev–Trinajstić information content (AvgIpc) is 2.35. The van der Waals surface area contributed by atoms with Gasteiger partial charge in [0.1, 0.15) is 0 Å². The number of benzene rings is 1. The Bertz CT molecular complexity index is 356. The first-order valence-electron chi connectivity index (χ1n) is 5.97. The molecule has 0 saturated heterocycles. The lowest BCUT2D eigenvalue weighted by Gasteiger charge is -2.26. The molecule has 0 radical (unpaired) electrons. The molecule has 2 atom stereocenters. The van der Waals surface area contributed by atoms with Gasteiger partial charge in [-0.15, -0.1) is 0 Å². The molecule has 92 valence electrons. The summed E-state index contributed by atoms with van der Waals surface area (Å²) in [4.78, 5) is 0. The summed E-state index contributed by atoms with van der Waals surface area (Å²) in [5.74, 6) is 0.338. The van der Waals surface area contributed by atoms with Crippen molar-refractivity contribution in [3.63, 3.8) is 0 Å². The van der Waals surface area contributed by atoms with E-state index in [1.165, 1.54) is 0 Å². The first-order valence-corrected chi connectivity index (χ1v) is 5.97. The van der Waals surface area contributed by atoms with E-state index in [0.29, 0.717) is 12.3 Å². The van der Waals surface area contributed by atoms with Crippen LogP contribution in [0.5, 0.6) is 0 Å². The smallest absolute Gasteiger partial charge is 0.0641 e. The van der Waals surface area contributed by atoms with E-state index in [2.05, 4.69) is 25.2 Å². The second-order valence-corrected chi connectivity index (χ2v) is 4.53. The summed E-state index contributed by atoms with van der Waals surface area (Å²) in [5, 5.41) is 21.5. The van der Waals surface area contributed by atoms with Gasteiger partial charge in [-0.05, 0) is 11.5 Å². The fourth-order valence-electron chi connectivity index (χ4n) is 1.76. The van der Waals surface area contributed by atoms with Gasteiger partial charge in [0.05, 0.1) is 19.1 Å². The third-order valence-corrected chi connectivity index (χ3v) is 2.91. The number of hydrogen-bond acceptors (Lipinski definition) is 3. The standard InChI is InChI=1S/C14H20N2O/c1-11(2)14(10-17)16-13(8-9-15)12-6-4-3-5-7-12/h3-7,11,13-14,16-17H,8,10H2,1-2H3. The van der Waals surface area contributed by atoms with E-state index < -0.39 is 0 Å². The molecule has 17 heavy (non-hydrogen) atoms. The van der Waals surface area contributed by atoms with Gasteiger partial charge in [0.2, 0.25) is 0 Å². The third kappa shape index (κ3) is 4.18. The summed E-state index contributed by atoms with van der Waals surface area (Å²) in [6, 6.07) is 12.1. The molecule has 1 rings (SSSR count). The maximum Gasteiger partial charge on any atom is 0.0641 e. The van der Waals surface area contributed by atoms with Crippen LogP contribution < -0.4 is 5.32 Å².